The Kier molecular flexibility index (Phi) is 4.47. The first kappa shape index (κ1) is 18.7. The van der Waals surface area contributed by atoms with Gasteiger partial charge in [-0.3, -0.25) is 9.36 Å². The molecule has 0 saturated carbocycles. The van der Waals surface area contributed by atoms with Crippen LogP contribution < -0.4 is 9.47 Å². The molecule has 0 aliphatic carbocycles. The average molecular weight is 424 g/mol. The standard InChI is InChI=1S/C22H18ClN3O4/c1-29-16-9-2-3-10-17(16)30-22(28)19-20-15-8-5-11-25(15)21(27)18-13(23)6-4-7-14(18)26(20)12-24-19/h2-4,6-7,9-10,12,15H,5,8,11H2,1H3/t15-/m0/s1. The molecule has 1 fully saturated rings. The van der Waals surface area contributed by atoms with Gasteiger partial charge in [0.05, 0.1) is 35.1 Å². The van der Waals surface area contributed by atoms with Gasteiger partial charge in [0.2, 0.25) is 0 Å². The number of methoxy groups -OCH3 is 1. The lowest BCUT2D eigenvalue weighted by molar-refractivity contribution is 0.0698. The third-order valence-electron chi connectivity index (χ3n) is 5.56. The molecular weight excluding hydrogens is 406 g/mol. The van der Waals surface area contributed by atoms with Crippen molar-refractivity contribution in [2.75, 3.05) is 13.7 Å². The van der Waals surface area contributed by atoms with E-state index in [4.69, 9.17) is 21.1 Å². The summed E-state index contributed by atoms with van der Waals surface area (Å²) in [4.78, 5) is 32.5. The second-order valence-corrected chi connectivity index (χ2v) is 7.59. The quantitative estimate of drug-likeness (QED) is 0.469. The van der Waals surface area contributed by atoms with Crippen LogP contribution in [-0.2, 0) is 0 Å². The van der Waals surface area contributed by atoms with Crippen LogP contribution in [0.15, 0.2) is 48.8 Å². The number of rotatable bonds is 3. The van der Waals surface area contributed by atoms with E-state index in [1.165, 1.54) is 7.11 Å². The van der Waals surface area contributed by atoms with E-state index in [1.807, 2.05) is 6.07 Å². The molecule has 152 valence electrons. The maximum absolute atomic E-state index is 13.2. The number of carbonyl (C=O) groups excluding carboxylic acids is 2. The molecule has 0 radical (unpaired) electrons. The van der Waals surface area contributed by atoms with Crippen molar-refractivity contribution in [2.24, 2.45) is 0 Å². The van der Waals surface area contributed by atoms with E-state index >= 15 is 0 Å². The molecule has 1 aromatic heterocycles. The number of hydrogen-bond acceptors (Lipinski definition) is 5. The fourth-order valence-corrected chi connectivity index (χ4v) is 4.49. The van der Waals surface area contributed by atoms with Gasteiger partial charge < -0.3 is 14.4 Å². The molecule has 0 unspecified atom stereocenters. The van der Waals surface area contributed by atoms with E-state index in [0.717, 1.165) is 12.8 Å². The third-order valence-corrected chi connectivity index (χ3v) is 5.88. The Morgan fingerprint density at radius 2 is 1.97 bits per heavy atom. The summed E-state index contributed by atoms with van der Waals surface area (Å²) in [7, 11) is 1.51. The monoisotopic (exact) mass is 423 g/mol. The fourth-order valence-electron chi connectivity index (χ4n) is 4.24. The molecule has 1 saturated heterocycles. The number of para-hydroxylation sites is 2. The zero-order valence-electron chi connectivity index (χ0n) is 16.2. The van der Waals surface area contributed by atoms with Crippen molar-refractivity contribution in [3.05, 3.63) is 70.8 Å². The van der Waals surface area contributed by atoms with Crippen molar-refractivity contribution in [3.8, 4) is 17.2 Å². The lowest BCUT2D eigenvalue weighted by atomic mass is 10.1. The average Bonchev–Trinajstić information content (AvgIpc) is 3.38. The summed E-state index contributed by atoms with van der Waals surface area (Å²) < 4.78 is 12.7. The third kappa shape index (κ3) is 2.77. The van der Waals surface area contributed by atoms with Gasteiger partial charge >= 0.3 is 5.97 Å². The molecule has 1 amide bonds. The lowest BCUT2D eigenvalue weighted by Crippen LogP contribution is -2.30. The Balaban J connectivity index is 1.63. The van der Waals surface area contributed by atoms with E-state index < -0.39 is 5.97 Å². The van der Waals surface area contributed by atoms with Crippen LogP contribution in [0, 0.1) is 0 Å². The van der Waals surface area contributed by atoms with Gasteiger partial charge in [0.1, 0.15) is 6.33 Å². The molecule has 7 nitrogen and oxygen atoms in total. The predicted octanol–water partition coefficient (Wildman–Crippen LogP) is 4.04. The zero-order valence-corrected chi connectivity index (χ0v) is 16.9. The van der Waals surface area contributed by atoms with Gasteiger partial charge in [-0.2, -0.15) is 0 Å². The van der Waals surface area contributed by atoms with Crippen molar-refractivity contribution in [1.82, 2.24) is 14.5 Å². The number of hydrogen-bond donors (Lipinski definition) is 0. The number of halogens is 1. The summed E-state index contributed by atoms with van der Waals surface area (Å²) in [5.41, 5.74) is 1.85. The number of amides is 1. The molecule has 1 atom stereocenters. The molecule has 8 heteroatoms. The SMILES string of the molecule is COc1ccccc1OC(=O)c1ncn2c1[C@@H]1CCCN1C(=O)c1c(Cl)cccc1-2. The van der Waals surface area contributed by atoms with E-state index in [1.54, 1.807) is 52.2 Å². The highest BCUT2D eigenvalue weighted by atomic mass is 35.5. The van der Waals surface area contributed by atoms with Crippen molar-refractivity contribution in [3.63, 3.8) is 0 Å². The molecule has 30 heavy (non-hydrogen) atoms. The Hall–Kier alpha value is -3.32. The van der Waals surface area contributed by atoms with Crippen LogP contribution in [0.5, 0.6) is 11.5 Å². The first-order valence-corrected chi connectivity index (χ1v) is 10.00. The van der Waals surface area contributed by atoms with Crippen LogP contribution in [0.25, 0.3) is 5.69 Å². The largest absolute Gasteiger partial charge is 0.493 e. The molecule has 2 aromatic carbocycles. The minimum absolute atomic E-state index is 0.133. The highest BCUT2D eigenvalue weighted by molar-refractivity contribution is 6.34. The molecule has 0 bridgehead atoms. The van der Waals surface area contributed by atoms with Crippen molar-refractivity contribution < 1.29 is 19.1 Å². The van der Waals surface area contributed by atoms with Gasteiger partial charge in [0, 0.05) is 6.54 Å². The number of fused-ring (bicyclic) bond motifs is 5. The Bertz CT molecular complexity index is 1170. The smallest absolute Gasteiger partial charge is 0.364 e. The first-order chi connectivity index (χ1) is 14.6. The van der Waals surface area contributed by atoms with Crippen LogP contribution >= 0.6 is 11.6 Å². The second kappa shape index (κ2) is 7.18. The van der Waals surface area contributed by atoms with E-state index in [-0.39, 0.29) is 17.6 Å². The predicted molar refractivity (Wildman–Crippen MR) is 110 cm³/mol. The summed E-state index contributed by atoms with van der Waals surface area (Å²) in [6.45, 7) is 0.598. The maximum atomic E-state index is 13.2. The Labute approximate surface area is 177 Å². The van der Waals surface area contributed by atoms with Gasteiger partial charge in [-0.1, -0.05) is 29.8 Å². The van der Waals surface area contributed by atoms with Crippen LogP contribution in [0.3, 0.4) is 0 Å². The minimum atomic E-state index is -0.599. The summed E-state index contributed by atoms with van der Waals surface area (Å²) in [5.74, 6) is 0.0259. The van der Waals surface area contributed by atoms with E-state index in [0.29, 0.717) is 40.0 Å². The zero-order chi connectivity index (χ0) is 20.8. The Morgan fingerprint density at radius 3 is 2.77 bits per heavy atom. The first-order valence-electron chi connectivity index (χ1n) is 9.62. The van der Waals surface area contributed by atoms with E-state index in [2.05, 4.69) is 4.98 Å². The highest BCUT2D eigenvalue weighted by Crippen LogP contribution is 2.41. The van der Waals surface area contributed by atoms with Gasteiger partial charge in [-0.05, 0) is 37.1 Å². The van der Waals surface area contributed by atoms with Gasteiger partial charge in [-0.25, -0.2) is 9.78 Å². The number of esters is 1. The second-order valence-electron chi connectivity index (χ2n) is 7.18. The molecule has 2 aliphatic rings. The molecule has 3 aromatic rings. The Morgan fingerprint density at radius 1 is 1.17 bits per heavy atom. The van der Waals surface area contributed by atoms with Gasteiger partial charge in [0.25, 0.3) is 5.91 Å². The van der Waals surface area contributed by atoms with E-state index in [9.17, 15) is 9.59 Å². The molecule has 2 aliphatic heterocycles. The summed E-state index contributed by atoms with van der Waals surface area (Å²) >= 11 is 6.39. The van der Waals surface area contributed by atoms with Crippen LogP contribution in [0.1, 0.15) is 45.4 Å². The number of benzene rings is 2. The molecular formula is C22H18ClN3O4. The highest BCUT2D eigenvalue weighted by Gasteiger charge is 2.41. The number of nitrogens with zero attached hydrogens (tertiary/aromatic N) is 3. The fraction of sp³-hybridized carbons (Fsp3) is 0.227. The van der Waals surface area contributed by atoms with Gasteiger partial charge in [-0.15, -0.1) is 0 Å². The van der Waals surface area contributed by atoms with Crippen LogP contribution in [0.2, 0.25) is 5.02 Å². The molecule has 0 N–H and O–H groups in total. The minimum Gasteiger partial charge on any atom is -0.493 e. The topological polar surface area (TPSA) is 73.7 Å². The molecule has 5 rings (SSSR count). The number of imidazole rings is 1. The van der Waals surface area contributed by atoms with Crippen LogP contribution in [-0.4, -0.2) is 40.0 Å². The number of carbonyl (C=O) groups is 2. The number of ether oxygens (including phenoxy) is 2. The lowest BCUT2D eigenvalue weighted by Gasteiger charge is -2.23. The molecule has 0 spiro atoms. The summed E-state index contributed by atoms with van der Waals surface area (Å²) in [6, 6.07) is 11.9. The number of aromatic nitrogens is 2. The van der Waals surface area contributed by atoms with Crippen LogP contribution in [0.4, 0.5) is 0 Å². The summed E-state index contributed by atoms with van der Waals surface area (Å²) in [5, 5.41) is 0.378. The normalized spacial score (nSPS) is 17.1. The molecule has 3 heterocycles. The summed E-state index contributed by atoms with van der Waals surface area (Å²) in [6.07, 6.45) is 3.12. The van der Waals surface area contributed by atoms with Crippen molar-refractivity contribution in [1.29, 1.82) is 0 Å². The van der Waals surface area contributed by atoms with Crippen molar-refractivity contribution in [2.45, 2.75) is 18.9 Å². The van der Waals surface area contributed by atoms with Crippen molar-refractivity contribution >= 4 is 23.5 Å². The maximum Gasteiger partial charge on any atom is 0.364 e. The van der Waals surface area contributed by atoms with Gasteiger partial charge in [0.15, 0.2) is 17.2 Å².